The second-order valence-electron chi connectivity index (χ2n) is 4.97. The third-order valence-electron chi connectivity index (χ3n) is 3.39. The highest BCUT2D eigenvalue weighted by atomic mass is 16.7. The van der Waals surface area contributed by atoms with Gasteiger partial charge in [-0.3, -0.25) is 9.59 Å². The first-order chi connectivity index (χ1) is 11.1. The van der Waals surface area contributed by atoms with E-state index in [4.69, 9.17) is 4.84 Å². The molecular formula is C18H13NO4. The molecule has 5 heteroatoms. The number of hydrogen-bond donors (Lipinski definition) is 0. The summed E-state index contributed by atoms with van der Waals surface area (Å²) in [4.78, 5) is 41.2. The standard InChI is InChI=1S/C18H13NO4/c1-12(20)23-19-17(21)15(13-8-4-2-5-9-13)16(18(19)22)14-10-6-3-7-11-14/h2-11H,1H3. The van der Waals surface area contributed by atoms with E-state index in [0.717, 1.165) is 6.92 Å². The van der Waals surface area contributed by atoms with Crippen molar-refractivity contribution >= 4 is 28.9 Å². The van der Waals surface area contributed by atoms with Gasteiger partial charge in [0.2, 0.25) is 0 Å². The van der Waals surface area contributed by atoms with Gasteiger partial charge in [0.15, 0.2) is 0 Å². The molecule has 3 rings (SSSR count). The second-order valence-corrected chi connectivity index (χ2v) is 4.97. The van der Waals surface area contributed by atoms with Crippen LogP contribution in [0.2, 0.25) is 0 Å². The monoisotopic (exact) mass is 307 g/mol. The second kappa shape index (κ2) is 5.88. The number of imide groups is 1. The summed E-state index contributed by atoms with van der Waals surface area (Å²) < 4.78 is 0. The molecule has 0 aromatic heterocycles. The molecular weight excluding hydrogens is 294 g/mol. The molecule has 23 heavy (non-hydrogen) atoms. The van der Waals surface area contributed by atoms with Gasteiger partial charge >= 0.3 is 5.97 Å². The van der Waals surface area contributed by atoms with E-state index in [2.05, 4.69) is 0 Å². The van der Waals surface area contributed by atoms with Crippen molar-refractivity contribution in [3.63, 3.8) is 0 Å². The fourth-order valence-corrected chi connectivity index (χ4v) is 2.47. The first-order valence-corrected chi connectivity index (χ1v) is 7.02. The van der Waals surface area contributed by atoms with Gasteiger partial charge in [0, 0.05) is 6.92 Å². The van der Waals surface area contributed by atoms with Crippen LogP contribution < -0.4 is 0 Å². The summed E-state index contributed by atoms with van der Waals surface area (Å²) in [5.74, 6) is -2.01. The van der Waals surface area contributed by atoms with E-state index in [1.54, 1.807) is 48.5 Å². The van der Waals surface area contributed by atoms with Crippen LogP contribution in [0.4, 0.5) is 0 Å². The summed E-state index contributed by atoms with van der Waals surface area (Å²) >= 11 is 0. The fraction of sp³-hybridized carbons (Fsp3) is 0.0556. The highest BCUT2D eigenvalue weighted by Gasteiger charge is 2.42. The van der Waals surface area contributed by atoms with Crippen molar-refractivity contribution in [3.8, 4) is 0 Å². The third kappa shape index (κ3) is 2.64. The van der Waals surface area contributed by atoms with Crippen LogP contribution >= 0.6 is 0 Å². The van der Waals surface area contributed by atoms with Gasteiger partial charge in [-0.2, -0.15) is 0 Å². The molecule has 114 valence electrons. The van der Waals surface area contributed by atoms with Gasteiger partial charge < -0.3 is 4.84 Å². The van der Waals surface area contributed by atoms with E-state index in [1.165, 1.54) is 0 Å². The highest BCUT2D eigenvalue weighted by Crippen LogP contribution is 2.35. The van der Waals surface area contributed by atoms with E-state index in [-0.39, 0.29) is 11.1 Å². The predicted octanol–water partition coefficient (Wildman–Crippen LogP) is 2.44. The van der Waals surface area contributed by atoms with Gasteiger partial charge in [-0.1, -0.05) is 65.7 Å². The first kappa shape index (κ1) is 14.7. The molecule has 0 saturated carbocycles. The fourth-order valence-electron chi connectivity index (χ4n) is 2.47. The Morgan fingerprint density at radius 3 is 1.52 bits per heavy atom. The molecule has 0 bridgehead atoms. The van der Waals surface area contributed by atoms with Gasteiger partial charge in [-0.05, 0) is 11.1 Å². The number of nitrogens with zero attached hydrogens (tertiary/aromatic N) is 1. The van der Waals surface area contributed by atoms with Crippen molar-refractivity contribution in [1.29, 1.82) is 0 Å². The molecule has 0 aliphatic carbocycles. The largest absolute Gasteiger partial charge is 0.330 e. The van der Waals surface area contributed by atoms with Gasteiger partial charge in [-0.25, -0.2) is 4.79 Å². The first-order valence-electron chi connectivity index (χ1n) is 7.02. The Kier molecular flexibility index (Phi) is 3.76. The van der Waals surface area contributed by atoms with Crippen LogP contribution in [0.1, 0.15) is 18.1 Å². The normalized spacial score (nSPS) is 14.4. The third-order valence-corrected chi connectivity index (χ3v) is 3.39. The lowest BCUT2D eigenvalue weighted by Gasteiger charge is -2.12. The Labute approximate surface area is 132 Å². The van der Waals surface area contributed by atoms with Gasteiger partial charge in [0.05, 0.1) is 11.1 Å². The van der Waals surface area contributed by atoms with Gasteiger partial charge in [0.25, 0.3) is 11.8 Å². The van der Waals surface area contributed by atoms with Crippen molar-refractivity contribution < 1.29 is 19.2 Å². The molecule has 0 N–H and O–H groups in total. The van der Waals surface area contributed by atoms with E-state index in [1.807, 2.05) is 12.1 Å². The van der Waals surface area contributed by atoms with Crippen molar-refractivity contribution in [2.45, 2.75) is 6.92 Å². The Morgan fingerprint density at radius 1 is 0.783 bits per heavy atom. The number of amides is 2. The smallest absolute Gasteiger partial charge is 0.330 e. The Balaban J connectivity index is 2.18. The van der Waals surface area contributed by atoms with Crippen molar-refractivity contribution in [2.24, 2.45) is 0 Å². The van der Waals surface area contributed by atoms with Gasteiger partial charge in [-0.15, -0.1) is 0 Å². The molecule has 0 radical (unpaired) electrons. The summed E-state index contributed by atoms with van der Waals surface area (Å²) in [5.41, 5.74) is 1.64. The maximum atomic E-state index is 12.6. The van der Waals surface area contributed by atoms with Crippen molar-refractivity contribution in [1.82, 2.24) is 5.06 Å². The Bertz CT molecular complexity index is 748. The van der Waals surface area contributed by atoms with Crippen LogP contribution in [0.15, 0.2) is 60.7 Å². The molecule has 1 aliphatic heterocycles. The zero-order valence-electron chi connectivity index (χ0n) is 12.4. The average Bonchev–Trinajstić information content (AvgIpc) is 2.80. The van der Waals surface area contributed by atoms with Crippen LogP contribution in [0.25, 0.3) is 11.1 Å². The van der Waals surface area contributed by atoms with E-state index >= 15 is 0 Å². The van der Waals surface area contributed by atoms with E-state index < -0.39 is 17.8 Å². The Morgan fingerprint density at radius 2 is 1.17 bits per heavy atom. The molecule has 0 atom stereocenters. The Hall–Kier alpha value is -3.21. The summed E-state index contributed by atoms with van der Waals surface area (Å²) in [6.45, 7) is 1.14. The molecule has 5 nitrogen and oxygen atoms in total. The summed E-state index contributed by atoms with van der Waals surface area (Å²) in [5, 5.41) is 0.521. The quantitative estimate of drug-likeness (QED) is 0.817. The molecule has 0 spiro atoms. The lowest BCUT2D eigenvalue weighted by atomic mass is 9.96. The van der Waals surface area contributed by atoms with E-state index in [9.17, 15) is 14.4 Å². The van der Waals surface area contributed by atoms with Crippen molar-refractivity contribution in [2.75, 3.05) is 0 Å². The van der Waals surface area contributed by atoms with E-state index in [0.29, 0.717) is 16.2 Å². The summed E-state index contributed by atoms with van der Waals surface area (Å²) in [6, 6.07) is 17.7. The maximum Gasteiger partial charge on any atom is 0.330 e. The minimum atomic E-state index is -0.728. The van der Waals surface area contributed by atoms with Crippen LogP contribution in [0, 0.1) is 0 Å². The van der Waals surface area contributed by atoms with Crippen LogP contribution in [0.5, 0.6) is 0 Å². The molecule has 0 fully saturated rings. The maximum absolute atomic E-state index is 12.6. The lowest BCUT2D eigenvalue weighted by Crippen LogP contribution is -2.33. The predicted molar refractivity (Wildman–Crippen MR) is 83.3 cm³/mol. The number of rotatable bonds is 3. The minimum Gasteiger partial charge on any atom is -0.330 e. The number of hydroxylamine groups is 2. The topological polar surface area (TPSA) is 63.7 Å². The zero-order chi connectivity index (χ0) is 16.4. The lowest BCUT2D eigenvalue weighted by molar-refractivity contribution is -0.193. The van der Waals surface area contributed by atoms with Crippen LogP contribution in [-0.2, 0) is 19.2 Å². The zero-order valence-corrected chi connectivity index (χ0v) is 12.4. The SMILES string of the molecule is CC(=O)ON1C(=O)C(c2ccccc2)=C(c2ccccc2)C1=O. The highest BCUT2D eigenvalue weighted by molar-refractivity contribution is 6.48. The van der Waals surface area contributed by atoms with Crippen LogP contribution in [-0.4, -0.2) is 22.8 Å². The number of carbonyl (C=O) groups is 3. The molecule has 0 saturated heterocycles. The molecule has 2 amide bonds. The van der Waals surface area contributed by atoms with Gasteiger partial charge in [0.1, 0.15) is 0 Å². The average molecular weight is 307 g/mol. The van der Waals surface area contributed by atoms with Crippen molar-refractivity contribution in [3.05, 3.63) is 71.8 Å². The number of hydrogen-bond acceptors (Lipinski definition) is 4. The summed E-state index contributed by atoms with van der Waals surface area (Å²) in [6.07, 6.45) is 0. The van der Waals surface area contributed by atoms with Crippen LogP contribution in [0.3, 0.4) is 0 Å². The minimum absolute atomic E-state index is 0.225. The number of benzene rings is 2. The molecule has 2 aromatic rings. The number of carbonyl (C=O) groups excluding carboxylic acids is 3. The molecule has 0 unspecified atom stereocenters. The molecule has 1 heterocycles. The summed E-state index contributed by atoms with van der Waals surface area (Å²) in [7, 11) is 0. The molecule has 2 aromatic carbocycles. The molecule has 1 aliphatic rings.